The van der Waals surface area contributed by atoms with Gasteiger partial charge in [0.05, 0.1) is 0 Å². The summed E-state index contributed by atoms with van der Waals surface area (Å²) in [6.45, 7) is 0. The molecule has 0 unspecified atom stereocenters. The lowest BCUT2D eigenvalue weighted by Gasteiger charge is -2.23. The van der Waals surface area contributed by atoms with Crippen LogP contribution in [0, 0.1) is 0 Å². The molecule has 3 aromatic rings. The smallest absolute Gasteiger partial charge is 0.0432 e. The van der Waals surface area contributed by atoms with Crippen molar-refractivity contribution in [2.75, 3.05) is 5.32 Å². The van der Waals surface area contributed by atoms with Gasteiger partial charge in [0.1, 0.15) is 0 Å². The van der Waals surface area contributed by atoms with E-state index in [4.69, 9.17) is 0 Å². The van der Waals surface area contributed by atoms with Crippen molar-refractivity contribution in [1.82, 2.24) is 0 Å². The second-order valence-electron chi connectivity index (χ2n) is 6.26. The minimum absolute atomic E-state index is 0.992. The van der Waals surface area contributed by atoms with Crippen LogP contribution < -0.4 is 5.32 Å². The Morgan fingerprint density at radius 1 is 0.739 bits per heavy atom. The zero-order valence-electron chi connectivity index (χ0n) is 12.8. The van der Waals surface area contributed by atoms with Crippen LogP contribution in [0.3, 0.4) is 0 Å². The minimum atomic E-state index is 0.992. The van der Waals surface area contributed by atoms with Crippen LogP contribution in [0.15, 0.2) is 60.7 Å². The molecule has 5 rings (SSSR count). The van der Waals surface area contributed by atoms with Gasteiger partial charge in [-0.1, -0.05) is 54.6 Å². The largest absolute Gasteiger partial charge is 0.355 e. The van der Waals surface area contributed by atoms with Crippen LogP contribution in [0.2, 0.25) is 0 Å². The van der Waals surface area contributed by atoms with Gasteiger partial charge < -0.3 is 5.32 Å². The molecule has 2 aliphatic carbocycles. The van der Waals surface area contributed by atoms with Crippen molar-refractivity contribution < 1.29 is 0 Å². The number of rotatable bonds is 2. The molecule has 23 heavy (non-hydrogen) atoms. The summed E-state index contributed by atoms with van der Waals surface area (Å²) in [5.74, 6) is 0. The van der Waals surface area contributed by atoms with Crippen LogP contribution >= 0.6 is 0 Å². The lowest BCUT2D eigenvalue weighted by molar-refractivity contribution is 1.25. The van der Waals surface area contributed by atoms with E-state index in [-0.39, 0.29) is 0 Å². The summed E-state index contributed by atoms with van der Waals surface area (Å²) in [5.41, 5.74) is 7.92. The van der Waals surface area contributed by atoms with Crippen molar-refractivity contribution in [2.24, 2.45) is 0 Å². The third-order valence-corrected chi connectivity index (χ3v) is 4.85. The van der Waals surface area contributed by atoms with Crippen molar-refractivity contribution in [3.05, 3.63) is 82.9 Å². The average Bonchev–Trinajstić information content (AvgIpc) is 2.61. The van der Waals surface area contributed by atoms with Gasteiger partial charge in [-0.15, -0.1) is 0 Å². The Labute approximate surface area is 136 Å². The van der Waals surface area contributed by atoms with Crippen LogP contribution in [-0.2, 0) is 12.8 Å². The maximum absolute atomic E-state index is 3.63. The Morgan fingerprint density at radius 2 is 1.57 bits per heavy atom. The molecule has 2 aliphatic rings. The first kappa shape index (κ1) is 12.7. The number of nitrogens with one attached hydrogen (secondary N) is 1. The quantitative estimate of drug-likeness (QED) is 0.637. The highest BCUT2D eigenvalue weighted by Gasteiger charge is 2.19. The van der Waals surface area contributed by atoms with E-state index in [1.807, 2.05) is 0 Å². The van der Waals surface area contributed by atoms with E-state index in [0.29, 0.717) is 0 Å². The third kappa shape index (κ3) is 1.93. The molecule has 0 saturated heterocycles. The fourth-order valence-corrected chi connectivity index (χ4v) is 3.82. The summed E-state index contributed by atoms with van der Waals surface area (Å²) in [5, 5.41) is 6.51. The summed E-state index contributed by atoms with van der Waals surface area (Å²) in [6.07, 6.45) is 11.1. The highest BCUT2D eigenvalue weighted by molar-refractivity contribution is 6.05. The highest BCUT2D eigenvalue weighted by Crippen LogP contribution is 2.40. The fourth-order valence-electron chi connectivity index (χ4n) is 3.82. The lowest BCUT2D eigenvalue weighted by Crippen LogP contribution is -2.04. The molecule has 3 aromatic carbocycles. The van der Waals surface area contributed by atoms with Crippen LogP contribution in [0.5, 0.6) is 0 Å². The predicted octanol–water partition coefficient (Wildman–Crippen LogP) is 5.72. The molecule has 0 heterocycles. The van der Waals surface area contributed by atoms with Crippen LogP contribution in [0.1, 0.15) is 22.3 Å². The van der Waals surface area contributed by atoms with Crippen molar-refractivity contribution in [3.63, 3.8) is 0 Å². The van der Waals surface area contributed by atoms with Crippen molar-refractivity contribution in [2.45, 2.75) is 12.8 Å². The lowest BCUT2D eigenvalue weighted by atomic mass is 9.84. The molecule has 1 nitrogen and oxygen atoms in total. The van der Waals surface area contributed by atoms with Gasteiger partial charge >= 0.3 is 0 Å². The Kier molecular flexibility index (Phi) is 2.68. The zero-order chi connectivity index (χ0) is 15.2. The van der Waals surface area contributed by atoms with E-state index in [0.717, 1.165) is 18.5 Å². The molecule has 0 spiro atoms. The second-order valence-corrected chi connectivity index (χ2v) is 6.26. The topological polar surface area (TPSA) is 12.0 Å². The first-order valence-corrected chi connectivity index (χ1v) is 8.17. The molecule has 110 valence electrons. The zero-order valence-corrected chi connectivity index (χ0v) is 12.8. The van der Waals surface area contributed by atoms with E-state index < -0.39 is 0 Å². The summed E-state index contributed by atoms with van der Waals surface area (Å²) >= 11 is 0. The van der Waals surface area contributed by atoms with Crippen molar-refractivity contribution in [3.8, 4) is 0 Å². The van der Waals surface area contributed by atoms with Crippen LogP contribution in [-0.4, -0.2) is 0 Å². The summed E-state index contributed by atoms with van der Waals surface area (Å²) in [7, 11) is 0. The Bertz CT molecular complexity index is 978. The molecule has 1 N–H and O–H groups in total. The molecule has 1 heteroatoms. The van der Waals surface area contributed by atoms with Gasteiger partial charge in [0, 0.05) is 11.4 Å². The van der Waals surface area contributed by atoms with Gasteiger partial charge in [-0.25, -0.2) is 0 Å². The Hall–Kier alpha value is -2.80. The maximum atomic E-state index is 3.63. The summed E-state index contributed by atoms with van der Waals surface area (Å²) < 4.78 is 0. The monoisotopic (exact) mass is 295 g/mol. The predicted molar refractivity (Wildman–Crippen MR) is 99.1 cm³/mol. The Morgan fingerprint density at radius 3 is 2.48 bits per heavy atom. The Balaban J connectivity index is 1.80. The summed E-state index contributed by atoms with van der Waals surface area (Å²) in [4.78, 5) is 0. The normalized spacial score (nSPS) is 14.3. The number of para-hydroxylation sites is 1. The van der Waals surface area contributed by atoms with Crippen molar-refractivity contribution in [1.29, 1.82) is 0 Å². The molecule has 0 amide bonds. The van der Waals surface area contributed by atoms with Gasteiger partial charge in [0.25, 0.3) is 0 Å². The average molecular weight is 295 g/mol. The van der Waals surface area contributed by atoms with E-state index in [1.54, 1.807) is 0 Å². The van der Waals surface area contributed by atoms with Crippen molar-refractivity contribution >= 4 is 34.3 Å². The van der Waals surface area contributed by atoms with E-state index >= 15 is 0 Å². The molecule has 0 atom stereocenters. The van der Waals surface area contributed by atoms with Crippen LogP contribution in [0.4, 0.5) is 11.4 Å². The molecule has 0 aromatic heterocycles. The minimum Gasteiger partial charge on any atom is -0.355 e. The highest BCUT2D eigenvalue weighted by atomic mass is 14.9. The molecule has 0 saturated carbocycles. The van der Waals surface area contributed by atoms with Gasteiger partial charge in [-0.05, 0) is 64.1 Å². The first-order valence-electron chi connectivity index (χ1n) is 8.17. The molecule has 0 aliphatic heterocycles. The standard InChI is InChI=1S/C22H17N/c1-2-9-18(10-3-1)23-20-14-17-8-4-6-15-12-13-16-7-5-11-19(20)22(16)21(15)17/h1-5,7-10,12-14,23H,6,11H2. The summed E-state index contributed by atoms with van der Waals surface area (Å²) in [6, 6.07) is 17.3. The first-order chi connectivity index (χ1) is 11.4. The fraction of sp³-hybridized carbons (Fsp3) is 0.0909. The number of hydrogen-bond donors (Lipinski definition) is 1. The second kappa shape index (κ2) is 4.85. The number of anilines is 2. The van der Waals surface area contributed by atoms with Gasteiger partial charge in [0.15, 0.2) is 0 Å². The molecular formula is C22H17N. The van der Waals surface area contributed by atoms with Gasteiger partial charge in [-0.3, -0.25) is 0 Å². The van der Waals surface area contributed by atoms with Gasteiger partial charge in [0.2, 0.25) is 0 Å². The van der Waals surface area contributed by atoms with E-state index in [2.05, 4.69) is 78.2 Å². The number of allylic oxidation sites excluding steroid dienone is 2. The van der Waals surface area contributed by atoms with Gasteiger partial charge in [-0.2, -0.15) is 0 Å². The number of benzene rings is 3. The molecule has 0 bridgehead atoms. The SMILES string of the molecule is C1=Cc2cc(Nc3ccccc3)c3c4c(ccc(c24)C1)C=CC3. The molecular weight excluding hydrogens is 278 g/mol. The maximum Gasteiger partial charge on any atom is 0.0432 e. The molecule has 0 radical (unpaired) electrons. The molecule has 0 fully saturated rings. The van der Waals surface area contributed by atoms with Crippen LogP contribution in [0.25, 0.3) is 22.9 Å². The number of hydrogen-bond acceptors (Lipinski definition) is 1. The van der Waals surface area contributed by atoms with E-state index in [9.17, 15) is 0 Å². The van der Waals surface area contributed by atoms with E-state index in [1.165, 1.54) is 38.7 Å². The third-order valence-electron chi connectivity index (χ3n) is 4.85.